The number of carbonyl (C=O) groups is 1. The number of carbonyl (C=O) groups excluding carboxylic acids is 1. The number of rotatable bonds is 6. The molecule has 0 fully saturated rings. The van der Waals surface area contributed by atoms with Gasteiger partial charge in [0, 0.05) is 22.8 Å². The predicted octanol–water partition coefficient (Wildman–Crippen LogP) is 2.95. The van der Waals surface area contributed by atoms with Crippen LogP contribution in [0, 0.1) is 5.92 Å². The zero-order valence-corrected chi connectivity index (χ0v) is 13.5. The Morgan fingerprint density at radius 1 is 1.35 bits per heavy atom. The molecule has 1 amide bonds. The molecule has 6 heteroatoms. The Kier molecular flexibility index (Phi) is 6.02. The molecule has 0 aromatic heterocycles. The maximum Gasteiger partial charge on any atom is 0.261 e. The molecule has 1 rings (SSSR count). The van der Waals surface area contributed by atoms with Crippen molar-refractivity contribution in [3.8, 4) is 0 Å². The van der Waals surface area contributed by atoms with E-state index in [1.807, 2.05) is 20.8 Å². The minimum absolute atomic E-state index is 0.0119. The van der Waals surface area contributed by atoms with Crippen molar-refractivity contribution in [2.75, 3.05) is 6.54 Å². The highest BCUT2D eigenvalue weighted by Gasteiger charge is 2.17. The number of hydrogen-bond acceptors (Lipinski definition) is 3. The molecule has 0 saturated heterocycles. The van der Waals surface area contributed by atoms with Gasteiger partial charge < -0.3 is 5.32 Å². The molecule has 4 nitrogen and oxygen atoms in total. The Labute approximate surface area is 124 Å². The van der Waals surface area contributed by atoms with Crippen LogP contribution in [0.15, 0.2) is 23.1 Å². The molecule has 0 aliphatic rings. The number of hydrogen-bond donors (Lipinski definition) is 1. The lowest BCUT2D eigenvalue weighted by Gasteiger charge is -2.11. The van der Waals surface area contributed by atoms with Gasteiger partial charge in [-0.05, 0) is 30.0 Å². The van der Waals surface area contributed by atoms with Crippen molar-refractivity contribution in [3.05, 3.63) is 29.3 Å². The monoisotopic (exact) mass is 317 g/mol. The molecule has 1 N–H and O–H groups in total. The number of halogens is 1. The van der Waals surface area contributed by atoms with E-state index in [0.717, 1.165) is 6.42 Å². The van der Waals surface area contributed by atoms with Crippen LogP contribution >= 0.6 is 10.7 Å². The highest BCUT2D eigenvalue weighted by Crippen LogP contribution is 2.22. The van der Waals surface area contributed by atoms with Crippen molar-refractivity contribution in [2.24, 2.45) is 5.92 Å². The standard InChI is InChI=1S/C14H20ClNO3S/c1-4-10(3)9-16-14(17)12-7-6-11(5-2)13(8-12)20(15,18)19/h6-8,10H,4-5,9H2,1-3H3,(H,16,17). The Hall–Kier alpha value is -1.07. The van der Waals surface area contributed by atoms with Crippen molar-refractivity contribution in [1.82, 2.24) is 5.32 Å². The van der Waals surface area contributed by atoms with Crippen molar-refractivity contribution in [2.45, 2.75) is 38.5 Å². The summed E-state index contributed by atoms with van der Waals surface area (Å²) in [5.74, 6) is 0.0969. The van der Waals surface area contributed by atoms with Gasteiger partial charge in [-0.15, -0.1) is 0 Å². The van der Waals surface area contributed by atoms with E-state index < -0.39 is 9.05 Å². The van der Waals surface area contributed by atoms with Crippen LogP contribution in [-0.4, -0.2) is 20.9 Å². The van der Waals surface area contributed by atoms with Gasteiger partial charge in [0.25, 0.3) is 15.0 Å². The number of amides is 1. The molecule has 0 aliphatic heterocycles. The minimum atomic E-state index is -3.85. The zero-order valence-electron chi connectivity index (χ0n) is 11.9. The maximum absolute atomic E-state index is 12.0. The lowest BCUT2D eigenvalue weighted by Crippen LogP contribution is -2.28. The van der Waals surface area contributed by atoms with E-state index in [9.17, 15) is 13.2 Å². The van der Waals surface area contributed by atoms with Crippen LogP contribution < -0.4 is 5.32 Å². The van der Waals surface area contributed by atoms with Gasteiger partial charge in [-0.2, -0.15) is 0 Å². The molecule has 0 bridgehead atoms. The van der Waals surface area contributed by atoms with Crippen LogP contribution in [0.25, 0.3) is 0 Å². The third-order valence-electron chi connectivity index (χ3n) is 3.28. The normalized spacial score (nSPS) is 13.0. The van der Waals surface area contributed by atoms with E-state index in [2.05, 4.69) is 5.32 Å². The third-order valence-corrected chi connectivity index (χ3v) is 4.69. The first-order valence-electron chi connectivity index (χ1n) is 6.65. The molecular weight excluding hydrogens is 298 g/mol. The predicted molar refractivity (Wildman–Crippen MR) is 80.6 cm³/mol. The van der Waals surface area contributed by atoms with Gasteiger partial charge in [0.2, 0.25) is 0 Å². The van der Waals surface area contributed by atoms with Gasteiger partial charge in [0.05, 0.1) is 4.90 Å². The summed E-state index contributed by atoms with van der Waals surface area (Å²) in [4.78, 5) is 12.0. The van der Waals surface area contributed by atoms with E-state index in [0.29, 0.717) is 30.0 Å². The molecule has 0 spiro atoms. The molecule has 0 saturated carbocycles. The second-order valence-corrected chi connectivity index (χ2v) is 7.37. The Balaban J connectivity index is 3.00. The fourth-order valence-electron chi connectivity index (χ4n) is 1.73. The summed E-state index contributed by atoms with van der Waals surface area (Å²) in [7, 11) is 1.56. The topological polar surface area (TPSA) is 63.2 Å². The summed E-state index contributed by atoms with van der Waals surface area (Å²) in [6, 6.07) is 4.59. The molecule has 1 aromatic carbocycles. The minimum Gasteiger partial charge on any atom is -0.352 e. The average molecular weight is 318 g/mol. The van der Waals surface area contributed by atoms with E-state index >= 15 is 0 Å². The summed E-state index contributed by atoms with van der Waals surface area (Å²) >= 11 is 0. The SMILES string of the molecule is CCc1ccc(C(=O)NCC(C)CC)cc1S(=O)(=O)Cl. The average Bonchev–Trinajstić information content (AvgIpc) is 2.42. The number of nitrogens with one attached hydrogen (secondary N) is 1. The summed E-state index contributed by atoms with van der Waals surface area (Å²) in [5.41, 5.74) is 0.920. The molecule has 0 aliphatic carbocycles. The first-order chi connectivity index (χ1) is 9.29. The maximum atomic E-state index is 12.0. The second-order valence-electron chi connectivity index (χ2n) is 4.84. The Morgan fingerprint density at radius 3 is 2.50 bits per heavy atom. The first kappa shape index (κ1) is 17.0. The van der Waals surface area contributed by atoms with Gasteiger partial charge in [-0.1, -0.05) is 33.3 Å². The van der Waals surface area contributed by atoms with Gasteiger partial charge in [-0.3, -0.25) is 4.79 Å². The van der Waals surface area contributed by atoms with Crippen LogP contribution in [0.4, 0.5) is 0 Å². The van der Waals surface area contributed by atoms with Gasteiger partial charge in [0.1, 0.15) is 0 Å². The lowest BCUT2D eigenvalue weighted by molar-refractivity contribution is 0.0947. The number of benzene rings is 1. The van der Waals surface area contributed by atoms with Crippen molar-refractivity contribution in [1.29, 1.82) is 0 Å². The van der Waals surface area contributed by atoms with Crippen molar-refractivity contribution in [3.63, 3.8) is 0 Å². The zero-order chi connectivity index (χ0) is 15.3. The summed E-state index contributed by atoms with van der Waals surface area (Å²) in [6.45, 7) is 6.48. The van der Waals surface area contributed by atoms with E-state index in [1.54, 1.807) is 12.1 Å². The summed E-state index contributed by atoms with van der Waals surface area (Å²) in [5, 5.41) is 2.79. The van der Waals surface area contributed by atoms with Crippen LogP contribution in [-0.2, 0) is 15.5 Å². The van der Waals surface area contributed by atoms with Crippen molar-refractivity contribution >= 4 is 25.6 Å². The quantitative estimate of drug-likeness (QED) is 0.820. The number of aryl methyl sites for hydroxylation is 1. The first-order valence-corrected chi connectivity index (χ1v) is 8.96. The smallest absolute Gasteiger partial charge is 0.261 e. The molecule has 1 unspecified atom stereocenters. The molecule has 0 heterocycles. The summed E-state index contributed by atoms with van der Waals surface area (Å²) in [6.07, 6.45) is 1.51. The molecule has 0 radical (unpaired) electrons. The molecule has 112 valence electrons. The van der Waals surface area contributed by atoms with Gasteiger partial charge in [0.15, 0.2) is 0 Å². The Bertz CT molecular complexity index is 584. The van der Waals surface area contributed by atoms with E-state index in [-0.39, 0.29) is 10.8 Å². The van der Waals surface area contributed by atoms with Crippen molar-refractivity contribution < 1.29 is 13.2 Å². The highest BCUT2D eigenvalue weighted by atomic mass is 35.7. The largest absolute Gasteiger partial charge is 0.352 e. The second kappa shape index (κ2) is 7.09. The summed E-state index contributed by atoms with van der Waals surface area (Å²) < 4.78 is 23.1. The van der Waals surface area contributed by atoms with Gasteiger partial charge >= 0.3 is 0 Å². The third kappa shape index (κ3) is 4.49. The van der Waals surface area contributed by atoms with E-state index in [4.69, 9.17) is 10.7 Å². The van der Waals surface area contributed by atoms with E-state index in [1.165, 1.54) is 6.07 Å². The Morgan fingerprint density at radius 2 is 2.00 bits per heavy atom. The van der Waals surface area contributed by atoms with Crippen LogP contribution in [0.3, 0.4) is 0 Å². The molecule has 1 atom stereocenters. The fourth-order valence-corrected chi connectivity index (χ4v) is 2.95. The van der Waals surface area contributed by atoms with Crippen LogP contribution in [0.2, 0.25) is 0 Å². The lowest BCUT2D eigenvalue weighted by atomic mass is 10.1. The molecule has 1 aromatic rings. The molecule has 20 heavy (non-hydrogen) atoms. The van der Waals surface area contributed by atoms with Gasteiger partial charge in [-0.25, -0.2) is 8.42 Å². The fraction of sp³-hybridized carbons (Fsp3) is 0.500. The van der Waals surface area contributed by atoms with Crippen LogP contribution in [0.1, 0.15) is 43.1 Å². The molecular formula is C14H20ClNO3S. The highest BCUT2D eigenvalue weighted by molar-refractivity contribution is 8.13. The van der Waals surface area contributed by atoms with Crippen LogP contribution in [0.5, 0.6) is 0 Å².